The summed E-state index contributed by atoms with van der Waals surface area (Å²) >= 11 is 3.34. The minimum Gasteiger partial charge on any atom is -0.312 e. The van der Waals surface area contributed by atoms with Crippen molar-refractivity contribution in [3.8, 4) is 0 Å². The molecule has 20 heavy (non-hydrogen) atoms. The number of hydrogen-bond acceptors (Lipinski definition) is 1. The monoisotopic (exact) mass is 339 g/mol. The van der Waals surface area contributed by atoms with Crippen molar-refractivity contribution >= 4 is 15.9 Å². The quantitative estimate of drug-likeness (QED) is 0.797. The van der Waals surface area contributed by atoms with E-state index in [2.05, 4.69) is 21.2 Å². The standard InChI is InChI=1S/C16H16BrF2N/c1-11-8-14(18)4-2-12(11)6-7-20-10-13-3-5-15(19)9-16(13)17/h2-5,8-9,20H,6-7,10H2,1H3. The molecule has 0 saturated carbocycles. The summed E-state index contributed by atoms with van der Waals surface area (Å²) in [5.74, 6) is -0.447. The van der Waals surface area contributed by atoms with E-state index in [1.165, 1.54) is 18.2 Å². The highest BCUT2D eigenvalue weighted by atomic mass is 79.9. The van der Waals surface area contributed by atoms with Gasteiger partial charge in [0.25, 0.3) is 0 Å². The summed E-state index contributed by atoms with van der Waals surface area (Å²) in [6.45, 7) is 3.37. The highest BCUT2D eigenvalue weighted by molar-refractivity contribution is 9.10. The van der Waals surface area contributed by atoms with Crippen molar-refractivity contribution in [3.05, 3.63) is 69.2 Å². The minimum absolute atomic E-state index is 0.200. The number of benzene rings is 2. The second-order valence-corrected chi connectivity index (χ2v) is 5.59. The fourth-order valence-electron chi connectivity index (χ4n) is 2.05. The van der Waals surface area contributed by atoms with E-state index in [4.69, 9.17) is 0 Å². The van der Waals surface area contributed by atoms with Crippen molar-refractivity contribution in [3.63, 3.8) is 0 Å². The highest BCUT2D eigenvalue weighted by Gasteiger charge is 2.02. The topological polar surface area (TPSA) is 12.0 Å². The van der Waals surface area contributed by atoms with Gasteiger partial charge in [-0.15, -0.1) is 0 Å². The largest absolute Gasteiger partial charge is 0.312 e. The van der Waals surface area contributed by atoms with E-state index in [-0.39, 0.29) is 11.6 Å². The molecule has 0 radical (unpaired) electrons. The maximum atomic E-state index is 13.0. The zero-order valence-corrected chi connectivity index (χ0v) is 12.8. The van der Waals surface area contributed by atoms with E-state index in [1.807, 2.05) is 13.0 Å². The van der Waals surface area contributed by atoms with Gasteiger partial charge in [-0.1, -0.05) is 28.1 Å². The summed E-state index contributed by atoms with van der Waals surface area (Å²) < 4.78 is 26.7. The van der Waals surface area contributed by atoms with Crippen LogP contribution in [0.4, 0.5) is 8.78 Å². The zero-order chi connectivity index (χ0) is 14.5. The van der Waals surface area contributed by atoms with E-state index < -0.39 is 0 Å². The predicted molar refractivity (Wildman–Crippen MR) is 80.6 cm³/mol. The van der Waals surface area contributed by atoms with E-state index >= 15 is 0 Å². The average Bonchev–Trinajstić information content (AvgIpc) is 2.39. The molecule has 0 aliphatic heterocycles. The summed E-state index contributed by atoms with van der Waals surface area (Å²) in [5.41, 5.74) is 3.12. The lowest BCUT2D eigenvalue weighted by Crippen LogP contribution is -2.17. The van der Waals surface area contributed by atoms with E-state index in [1.54, 1.807) is 12.1 Å². The molecule has 0 fully saturated rings. The Morgan fingerprint density at radius 1 is 1.00 bits per heavy atom. The Labute approximate surface area is 126 Å². The van der Waals surface area contributed by atoms with Gasteiger partial charge in [-0.3, -0.25) is 0 Å². The summed E-state index contributed by atoms with van der Waals surface area (Å²) in [6.07, 6.45) is 0.838. The summed E-state index contributed by atoms with van der Waals surface area (Å²) in [4.78, 5) is 0. The van der Waals surface area contributed by atoms with Gasteiger partial charge in [0, 0.05) is 11.0 Å². The Morgan fingerprint density at radius 3 is 2.30 bits per heavy atom. The molecule has 1 nitrogen and oxygen atoms in total. The number of halogens is 3. The van der Waals surface area contributed by atoms with Crippen LogP contribution in [-0.4, -0.2) is 6.54 Å². The molecule has 0 atom stereocenters. The van der Waals surface area contributed by atoms with Gasteiger partial charge in [0.1, 0.15) is 11.6 Å². The van der Waals surface area contributed by atoms with Crippen LogP contribution in [0.5, 0.6) is 0 Å². The Morgan fingerprint density at radius 2 is 1.65 bits per heavy atom. The van der Waals surface area contributed by atoms with Crippen molar-refractivity contribution < 1.29 is 8.78 Å². The second-order valence-electron chi connectivity index (χ2n) is 4.73. The van der Waals surface area contributed by atoms with Crippen molar-refractivity contribution in [1.82, 2.24) is 5.32 Å². The van der Waals surface area contributed by atoms with Gasteiger partial charge in [-0.2, -0.15) is 0 Å². The van der Waals surface area contributed by atoms with Crippen LogP contribution in [0.2, 0.25) is 0 Å². The second kappa shape index (κ2) is 6.95. The van der Waals surface area contributed by atoms with Gasteiger partial charge in [-0.05, 0) is 60.8 Å². The van der Waals surface area contributed by atoms with Crippen molar-refractivity contribution in [2.24, 2.45) is 0 Å². The third kappa shape index (κ3) is 4.12. The Kier molecular flexibility index (Phi) is 5.26. The first-order valence-corrected chi connectivity index (χ1v) is 7.25. The molecule has 0 aromatic heterocycles. The molecule has 0 unspecified atom stereocenters. The first-order chi connectivity index (χ1) is 9.56. The smallest absolute Gasteiger partial charge is 0.124 e. The summed E-state index contributed by atoms with van der Waals surface area (Å²) in [5, 5.41) is 3.31. The molecule has 1 N–H and O–H groups in total. The molecular weight excluding hydrogens is 324 g/mol. The SMILES string of the molecule is Cc1cc(F)ccc1CCNCc1ccc(F)cc1Br. The lowest BCUT2D eigenvalue weighted by Gasteiger charge is -2.09. The first-order valence-electron chi connectivity index (χ1n) is 6.46. The molecular formula is C16H16BrF2N. The Balaban J connectivity index is 1.84. The number of aryl methyl sites for hydroxylation is 1. The zero-order valence-electron chi connectivity index (χ0n) is 11.2. The maximum absolute atomic E-state index is 13.0. The van der Waals surface area contributed by atoms with Crippen LogP contribution in [0.3, 0.4) is 0 Å². The molecule has 0 aliphatic rings. The minimum atomic E-state index is -0.248. The first kappa shape index (κ1) is 15.1. The van der Waals surface area contributed by atoms with E-state index in [9.17, 15) is 8.78 Å². The third-order valence-corrected chi connectivity index (χ3v) is 3.94. The molecule has 106 valence electrons. The maximum Gasteiger partial charge on any atom is 0.124 e. The molecule has 0 amide bonds. The van der Waals surface area contributed by atoms with Crippen LogP contribution in [-0.2, 0) is 13.0 Å². The molecule has 0 heterocycles. The molecule has 2 aromatic rings. The lowest BCUT2D eigenvalue weighted by atomic mass is 10.1. The fraction of sp³-hybridized carbons (Fsp3) is 0.250. The van der Waals surface area contributed by atoms with Crippen LogP contribution < -0.4 is 5.32 Å². The van der Waals surface area contributed by atoms with E-state index in [0.717, 1.165) is 34.1 Å². The van der Waals surface area contributed by atoms with Gasteiger partial charge in [0.2, 0.25) is 0 Å². The molecule has 4 heteroatoms. The van der Waals surface area contributed by atoms with Gasteiger partial charge < -0.3 is 5.32 Å². The Bertz CT molecular complexity index is 546. The summed E-state index contributed by atoms with van der Waals surface area (Å²) in [7, 11) is 0. The normalized spacial score (nSPS) is 10.8. The molecule has 2 aromatic carbocycles. The van der Waals surface area contributed by atoms with Crippen LogP contribution in [0.1, 0.15) is 16.7 Å². The van der Waals surface area contributed by atoms with Crippen LogP contribution in [0, 0.1) is 18.6 Å². The van der Waals surface area contributed by atoms with Crippen molar-refractivity contribution in [2.45, 2.75) is 19.9 Å². The van der Waals surface area contributed by atoms with Crippen LogP contribution >= 0.6 is 15.9 Å². The highest BCUT2D eigenvalue weighted by Crippen LogP contribution is 2.17. The van der Waals surface area contributed by atoms with Gasteiger partial charge in [0.15, 0.2) is 0 Å². The number of hydrogen-bond donors (Lipinski definition) is 1. The van der Waals surface area contributed by atoms with Crippen LogP contribution in [0.25, 0.3) is 0 Å². The molecule has 2 rings (SSSR count). The van der Waals surface area contributed by atoms with Gasteiger partial charge in [-0.25, -0.2) is 8.78 Å². The summed E-state index contributed by atoms with van der Waals surface area (Å²) in [6, 6.07) is 9.52. The third-order valence-electron chi connectivity index (χ3n) is 3.21. The van der Waals surface area contributed by atoms with Crippen molar-refractivity contribution in [1.29, 1.82) is 0 Å². The van der Waals surface area contributed by atoms with Gasteiger partial charge >= 0.3 is 0 Å². The number of rotatable bonds is 5. The van der Waals surface area contributed by atoms with Gasteiger partial charge in [0.05, 0.1) is 0 Å². The molecule has 0 bridgehead atoms. The van der Waals surface area contributed by atoms with E-state index in [0.29, 0.717) is 6.54 Å². The number of nitrogens with one attached hydrogen (secondary N) is 1. The molecule has 0 spiro atoms. The lowest BCUT2D eigenvalue weighted by molar-refractivity contribution is 0.621. The Hall–Kier alpha value is -1.26. The average molecular weight is 340 g/mol. The predicted octanol–water partition coefficient (Wildman–Crippen LogP) is 4.37. The van der Waals surface area contributed by atoms with Crippen molar-refractivity contribution in [2.75, 3.05) is 6.54 Å². The van der Waals surface area contributed by atoms with Crippen LogP contribution in [0.15, 0.2) is 40.9 Å². The molecule has 0 aliphatic carbocycles. The molecule has 0 saturated heterocycles. The fourth-order valence-corrected chi connectivity index (χ4v) is 2.54.